The van der Waals surface area contributed by atoms with E-state index in [1.165, 1.54) is 0 Å². The number of fused-ring (bicyclic) bond motifs is 1. The molecule has 2 aliphatic heterocycles. The summed E-state index contributed by atoms with van der Waals surface area (Å²) in [6.45, 7) is 4.39. The molecule has 0 unspecified atom stereocenters. The second-order valence-corrected chi connectivity index (χ2v) is 8.08. The number of rotatable bonds is 7. The summed E-state index contributed by atoms with van der Waals surface area (Å²) in [6, 6.07) is 15.1. The van der Waals surface area contributed by atoms with Crippen molar-refractivity contribution in [1.82, 2.24) is 15.4 Å². The number of methoxy groups -OCH3 is 1. The third-order valence-corrected chi connectivity index (χ3v) is 6.01. The maximum atomic E-state index is 12.9. The van der Waals surface area contributed by atoms with Crippen LogP contribution in [0.5, 0.6) is 17.2 Å². The van der Waals surface area contributed by atoms with E-state index in [9.17, 15) is 4.79 Å². The van der Waals surface area contributed by atoms with Gasteiger partial charge in [0.15, 0.2) is 23.0 Å². The molecule has 1 fully saturated rings. The van der Waals surface area contributed by atoms with E-state index in [0.717, 1.165) is 30.0 Å². The summed E-state index contributed by atoms with van der Waals surface area (Å²) in [5, 5.41) is 7.00. The van der Waals surface area contributed by atoms with Crippen LogP contribution >= 0.6 is 0 Å². The van der Waals surface area contributed by atoms with Gasteiger partial charge < -0.3 is 28.8 Å². The molecule has 9 nitrogen and oxygen atoms in total. The Morgan fingerprint density at radius 3 is 2.56 bits per heavy atom. The van der Waals surface area contributed by atoms with Gasteiger partial charge in [-0.3, -0.25) is 9.69 Å². The highest BCUT2D eigenvalue weighted by atomic mass is 16.6. The number of benzene rings is 2. The molecule has 1 atom stereocenters. The van der Waals surface area contributed by atoms with Gasteiger partial charge in [-0.2, -0.15) is 0 Å². The molecule has 178 valence electrons. The first-order chi connectivity index (χ1) is 16.7. The van der Waals surface area contributed by atoms with E-state index >= 15 is 0 Å². The minimum absolute atomic E-state index is 0.00271. The van der Waals surface area contributed by atoms with Crippen LogP contribution in [-0.2, 0) is 4.74 Å². The number of carbonyl (C=O) groups excluding carboxylic acids is 1. The minimum atomic E-state index is -0.292. The van der Waals surface area contributed by atoms with Crippen LogP contribution in [0.15, 0.2) is 53.1 Å². The maximum absolute atomic E-state index is 12.9. The van der Waals surface area contributed by atoms with Crippen LogP contribution in [-0.4, -0.2) is 69.1 Å². The van der Waals surface area contributed by atoms with Gasteiger partial charge in [0.2, 0.25) is 0 Å². The van der Waals surface area contributed by atoms with E-state index < -0.39 is 0 Å². The number of aromatic nitrogens is 1. The molecule has 1 N–H and O–H groups in total. The molecule has 34 heavy (non-hydrogen) atoms. The summed E-state index contributed by atoms with van der Waals surface area (Å²) in [5.41, 5.74) is 2.08. The number of amides is 1. The Morgan fingerprint density at radius 1 is 1.03 bits per heavy atom. The summed E-state index contributed by atoms with van der Waals surface area (Å²) in [5.74, 6) is 2.34. The van der Waals surface area contributed by atoms with Crippen LogP contribution in [0.3, 0.4) is 0 Å². The summed E-state index contributed by atoms with van der Waals surface area (Å²) in [6.07, 6.45) is 0. The van der Waals surface area contributed by atoms with Crippen LogP contribution < -0.4 is 19.5 Å². The summed E-state index contributed by atoms with van der Waals surface area (Å²) < 4.78 is 27.4. The molecule has 3 heterocycles. The smallest absolute Gasteiger partial charge is 0.273 e. The molecule has 0 spiro atoms. The predicted octanol–water partition coefficient (Wildman–Crippen LogP) is 2.92. The number of ether oxygens (including phenoxy) is 4. The van der Waals surface area contributed by atoms with Crippen LogP contribution in [0.2, 0.25) is 0 Å². The second-order valence-electron chi connectivity index (χ2n) is 8.08. The first-order valence-electron chi connectivity index (χ1n) is 11.3. The number of nitrogens with one attached hydrogen (secondary N) is 1. The van der Waals surface area contributed by atoms with Gasteiger partial charge in [-0.25, -0.2) is 0 Å². The normalized spacial score (nSPS) is 16.6. The quantitative estimate of drug-likeness (QED) is 0.569. The van der Waals surface area contributed by atoms with Gasteiger partial charge in [0, 0.05) is 31.3 Å². The molecule has 1 aromatic heterocycles. The molecule has 3 aromatic rings. The maximum Gasteiger partial charge on any atom is 0.273 e. The SMILES string of the molecule is COc1ccc([C@H](CNC(=O)c2cc(-c3ccc4c(c3)OCCO4)on2)N2CCOCC2)cc1. The summed E-state index contributed by atoms with van der Waals surface area (Å²) >= 11 is 0. The van der Waals surface area contributed by atoms with Gasteiger partial charge in [0.1, 0.15) is 19.0 Å². The minimum Gasteiger partial charge on any atom is -0.497 e. The standard InChI is InChI=1S/C25H27N3O6/c1-30-19-5-2-17(3-6-19)21(28-8-10-31-11-9-28)16-26-25(29)20-15-23(34-27-20)18-4-7-22-24(14-18)33-13-12-32-22/h2-7,14-15,21H,8-13,16H2,1H3,(H,26,29)/t21-/m0/s1. The number of nitrogens with zero attached hydrogens (tertiary/aromatic N) is 2. The molecule has 0 radical (unpaired) electrons. The number of hydrogen-bond donors (Lipinski definition) is 1. The largest absolute Gasteiger partial charge is 0.497 e. The highest BCUT2D eigenvalue weighted by Crippen LogP contribution is 2.34. The molecule has 5 rings (SSSR count). The van der Waals surface area contributed by atoms with E-state index in [1.807, 2.05) is 42.5 Å². The Hall–Kier alpha value is -3.56. The van der Waals surface area contributed by atoms with E-state index in [2.05, 4.69) is 15.4 Å². The lowest BCUT2D eigenvalue weighted by Gasteiger charge is -2.34. The monoisotopic (exact) mass is 465 g/mol. The first kappa shape index (κ1) is 22.2. The Bertz CT molecular complexity index is 1120. The van der Waals surface area contributed by atoms with E-state index in [-0.39, 0.29) is 17.6 Å². The fourth-order valence-corrected chi connectivity index (χ4v) is 4.17. The highest BCUT2D eigenvalue weighted by molar-refractivity contribution is 5.93. The zero-order valence-electron chi connectivity index (χ0n) is 19.0. The van der Waals surface area contributed by atoms with Gasteiger partial charge in [0.05, 0.1) is 26.4 Å². The van der Waals surface area contributed by atoms with Crippen LogP contribution in [0, 0.1) is 0 Å². The summed E-state index contributed by atoms with van der Waals surface area (Å²) in [7, 11) is 1.64. The van der Waals surface area contributed by atoms with Crippen LogP contribution in [0.1, 0.15) is 22.1 Å². The lowest BCUT2D eigenvalue weighted by atomic mass is 10.0. The molecule has 1 saturated heterocycles. The van der Waals surface area contributed by atoms with Crippen molar-refractivity contribution in [1.29, 1.82) is 0 Å². The number of morpholine rings is 1. The number of hydrogen-bond acceptors (Lipinski definition) is 8. The highest BCUT2D eigenvalue weighted by Gasteiger charge is 2.24. The zero-order chi connectivity index (χ0) is 23.3. The molecule has 1 amide bonds. The topological polar surface area (TPSA) is 95.3 Å². The third kappa shape index (κ3) is 4.85. The van der Waals surface area contributed by atoms with Gasteiger partial charge in [-0.1, -0.05) is 17.3 Å². The van der Waals surface area contributed by atoms with Crippen molar-refractivity contribution in [2.24, 2.45) is 0 Å². The Kier molecular flexibility index (Phi) is 6.64. The fourth-order valence-electron chi connectivity index (χ4n) is 4.17. The molecule has 0 bridgehead atoms. The molecule has 0 aliphatic carbocycles. The van der Waals surface area contributed by atoms with Crippen molar-refractivity contribution in [3.8, 4) is 28.6 Å². The Balaban J connectivity index is 1.28. The van der Waals surface area contributed by atoms with Crippen molar-refractivity contribution < 1.29 is 28.3 Å². The Labute approximate surface area is 197 Å². The molecular formula is C25H27N3O6. The lowest BCUT2D eigenvalue weighted by molar-refractivity contribution is 0.0162. The molecule has 9 heteroatoms. The van der Waals surface area contributed by atoms with Crippen molar-refractivity contribution in [3.63, 3.8) is 0 Å². The zero-order valence-corrected chi connectivity index (χ0v) is 19.0. The average Bonchev–Trinajstić information content (AvgIpc) is 3.40. The molecule has 2 aromatic carbocycles. The molecule has 2 aliphatic rings. The van der Waals surface area contributed by atoms with E-state index in [0.29, 0.717) is 50.2 Å². The second kappa shape index (κ2) is 10.1. The number of carbonyl (C=O) groups is 1. The predicted molar refractivity (Wildman–Crippen MR) is 123 cm³/mol. The van der Waals surface area contributed by atoms with Crippen molar-refractivity contribution in [2.45, 2.75) is 6.04 Å². The van der Waals surface area contributed by atoms with Crippen molar-refractivity contribution in [2.75, 3.05) is 53.2 Å². The van der Waals surface area contributed by atoms with Gasteiger partial charge in [-0.15, -0.1) is 0 Å². The van der Waals surface area contributed by atoms with Crippen LogP contribution in [0.25, 0.3) is 11.3 Å². The lowest BCUT2D eigenvalue weighted by Crippen LogP contribution is -2.43. The van der Waals surface area contributed by atoms with Crippen LogP contribution in [0.4, 0.5) is 0 Å². The third-order valence-electron chi connectivity index (χ3n) is 6.01. The van der Waals surface area contributed by atoms with E-state index in [4.69, 9.17) is 23.5 Å². The fraction of sp³-hybridized carbons (Fsp3) is 0.360. The van der Waals surface area contributed by atoms with Gasteiger partial charge >= 0.3 is 0 Å². The molecule has 0 saturated carbocycles. The Morgan fingerprint density at radius 2 is 1.79 bits per heavy atom. The summed E-state index contributed by atoms with van der Waals surface area (Å²) in [4.78, 5) is 15.2. The first-order valence-corrected chi connectivity index (χ1v) is 11.3. The molecular weight excluding hydrogens is 438 g/mol. The van der Waals surface area contributed by atoms with Crippen molar-refractivity contribution >= 4 is 5.91 Å². The van der Waals surface area contributed by atoms with E-state index in [1.54, 1.807) is 13.2 Å². The average molecular weight is 466 g/mol. The van der Waals surface area contributed by atoms with Gasteiger partial charge in [0.25, 0.3) is 5.91 Å². The van der Waals surface area contributed by atoms with Gasteiger partial charge in [-0.05, 0) is 35.9 Å². The van der Waals surface area contributed by atoms with Crippen molar-refractivity contribution in [3.05, 3.63) is 59.8 Å².